The molecule has 1 atom stereocenters. The Balaban J connectivity index is 2.44. The predicted octanol–water partition coefficient (Wildman–Crippen LogP) is 3.70. The number of aromatic nitrogens is 1. The Morgan fingerprint density at radius 3 is 2.72 bits per heavy atom. The standard InChI is InChI=1S/C13H11Br2NO2/c1-18-11-3-2-6-16-12(11)13(17)9-5-4-8(14)7-10(9)15/h2-7,13,17H,1H3. The number of ether oxygens (including phenoxy) is 1. The van der Waals surface area contributed by atoms with Gasteiger partial charge in [0.2, 0.25) is 0 Å². The van der Waals surface area contributed by atoms with E-state index in [0.29, 0.717) is 11.4 Å². The Labute approximate surface area is 122 Å². The molecule has 0 aliphatic carbocycles. The van der Waals surface area contributed by atoms with Crippen LogP contribution in [0.1, 0.15) is 17.4 Å². The van der Waals surface area contributed by atoms with Crippen molar-refractivity contribution in [3.05, 3.63) is 56.7 Å². The number of hydrogen-bond donors (Lipinski definition) is 1. The van der Waals surface area contributed by atoms with Crippen LogP contribution in [0.15, 0.2) is 45.5 Å². The van der Waals surface area contributed by atoms with Gasteiger partial charge in [-0.05, 0) is 24.3 Å². The molecule has 0 spiro atoms. The monoisotopic (exact) mass is 371 g/mol. The zero-order valence-electron chi connectivity index (χ0n) is 9.60. The molecule has 0 saturated carbocycles. The van der Waals surface area contributed by atoms with Crippen molar-refractivity contribution in [2.24, 2.45) is 0 Å². The van der Waals surface area contributed by atoms with E-state index < -0.39 is 6.10 Å². The van der Waals surface area contributed by atoms with Gasteiger partial charge in [0.25, 0.3) is 0 Å². The molecule has 0 aliphatic heterocycles. The highest BCUT2D eigenvalue weighted by Crippen LogP contribution is 2.33. The minimum atomic E-state index is -0.830. The number of aliphatic hydroxyl groups is 1. The summed E-state index contributed by atoms with van der Waals surface area (Å²) in [7, 11) is 1.56. The molecule has 1 N–H and O–H groups in total. The molecule has 0 saturated heterocycles. The Hall–Kier alpha value is -0.910. The van der Waals surface area contributed by atoms with Crippen LogP contribution in [0.2, 0.25) is 0 Å². The van der Waals surface area contributed by atoms with E-state index >= 15 is 0 Å². The van der Waals surface area contributed by atoms with Gasteiger partial charge in [0, 0.05) is 20.7 Å². The number of nitrogens with zero attached hydrogens (tertiary/aromatic N) is 1. The lowest BCUT2D eigenvalue weighted by atomic mass is 10.1. The molecule has 18 heavy (non-hydrogen) atoms. The third-order valence-electron chi connectivity index (χ3n) is 2.54. The van der Waals surface area contributed by atoms with Gasteiger partial charge in [-0.2, -0.15) is 0 Å². The van der Waals surface area contributed by atoms with E-state index in [1.165, 1.54) is 0 Å². The molecule has 2 rings (SSSR count). The van der Waals surface area contributed by atoms with Gasteiger partial charge < -0.3 is 9.84 Å². The second kappa shape index (κ2) is 5.82. The van der Waals surface area contributed by atoms with Gasteiger partial charge in [-0.15, -0.1) is 0 Å². The summed E-state index contributed by atoms with van der Waals surface area (Å²) in [4.78, 5) is 4.18. The number of aliphatic hydroxyl groups excluding tert-OH is 1. The topological polar surface area (TPSA) is 42.4 Å². The first-order valence-corrected chi connectivity index (χ1v) is 6.84. The summed E-state index contributed by atoms with van der Waals surface area (Å²) >= 11 is 6.81. The van der Waals surface area contributed by atoms with Gasteiger partial charge >= 0.3 is 0 Å². The van der Waals surface area contributed by atoms with E-state index in [-0.39, 0.29) is 0 Å². The van der Waals surface area contributed by atoms with Crippen LogP contribution >= 0.6 is 31.9 Å². The normalized spacial score (nSPS) is 12.2. The van der Waals surface area contributed by atoms with E-state index in [4.69, 9.17) is 4.74 Å². The first kappa shape index (κ1) is 13.5. The Morgan fingerprint density at radius 2 is 2.06 bits per heavy atom. The number of rotatable bonds is 3. The van der Waals surface area contributed by atoms with Crippen molar-refractivity contribution in [3.63, 3.8) is 0 Å². The first-order valence-electron chi connectivity index (χ1n) is 5.25. The fourth-order valence-electron chi connectivity index (χ4n) is 1.65. The average molecular weight is 373 g/mol. The van der Waals surface area contributed by atoms with Gasteiger partial charge in [-0.3, -0.25) is 4.98 Å². The summed E-state index contributed by atoms with van der Waals surface area (Å²) in [5, 5.41) is 10.4. The highest BCUT2D eigenvalue weighted by molar-refractivity contribution is 9.11. The SMILES string of the molecule is COc1cccnc1C(O)c1ccc(Br)cc1Br. The second-order valence-electron chi connectivity index (χ2n) is 3.66. The lowest BCUT2D eigenvalue weighted by molar-refractivity contribution is 0.208. The van der Waals surface area contributed by atoms with Crippen LogP contribution in [0.3, 0.4) is 0 Å². The summed E-state index contributed by atoms with van der Waals surface area (Å²) in [5.74, 6) is 0.569. The number of halogens is 2. The minimum Gasteiger partial charge on any atom is -0.495 e. The smallest absolute Gasteiger partial charge is 0.143 e. The van der Waals surface area contributed by atoms with Gasteiger partial charge in [0.1, 0.15) is 17.5 Å². The molecule has 0 bridgehead atoms. The average Bonchev–Trinajstić information content (AvgIpc) is 2.38. The fourth-order valence-corrected chi connectivity index (χ4v) is 2.92. The molecule has 1 aromatic carbocycles. The maximum Gasteiger partial charge on any atom is 0.143 e. The third-order valence-corrected chi connectivity index (χ3v) is 3.72. The predicted molar refractivity (Wildman–Crippen MR) is 76.7 cm³/mol. The van der Waals surface area contributed by atoms with Crippen molar-refractivity contribution in [2.45, 2.75) is 6.10 Å². The molecule has 94 valence electrons. The van der Waals surface area contributed by atoms with Gasteiger partial charge in [-0.25, -0.2) is 0 Å². The van der Waals surface area contributed by atoms with Crippen molar-refractivity contribution in [1.29, 1.82) is 0 Å². The van der Waals surface area contributed by atoms with E-state index in [0.717, 1.165) is 14.5 Å². The van der Waals surface area contributed by atoms with E-state index in [2.05, 4.69) is 36.8 Å². The fraction of sp³-hybridized carbons (Fsp3) is 0.154. The van der Waals surface area contributed by atoms with Crippen LogP contribution in [-0.2, 0) is 0 Å². The quantitative estimate of drug-likeness (QED) is 0.893. The highest BCUT2D eigenvalue weighted by Gasteiger charge is 2.19. The van der Waals surface area contributed by atoms with Crippen molar-refractivity contribution >= 4 is 31.9 Å². The molecule has 3 nitrogen and oxygen atoms in total. The van der Waals surface area contributed by atoms with Crippen LogP contribution in [0, 0.1) is 0 Å². The van der Waals surface area contributed by atoms with E-state index in [1.807, 2.05) is 18.2 Å². The molecule has 0 aliphatic rings. The van der Waals surface area contributed by atoms with Crippen LogP contribution in [0.5, 0.6) is 5.75 Å². The summed E-state index contributed by atoms with van der Waals surface area (Å²) < 4.78 is 6.96. The third kappa shape index (κ3) is 2.74. The summed E-state index contributed by atoms with van der Waals surface area (Å²) in [6, 6.07) is 9.14. The summed E-state index contributed by atoms with van der Waals surface area (Å²) in [6.07, 6.45) is 0.803. The lowest BCUT2D eigenvalue weighted by Gasteiger charge is -2.15. The van der Waals surface area contributed by atoms with Crippen molar-refractivity contribution < 1.29 is 9.84 Å². The molecule has 0 fully saturated rings. The molecular weight excluding hydrogens is 362 g/mol. The largest absolute Gasteiger partial charge is 0.495 e. The summed E-state index contributed by atoms with van der Waals surface area (Å²) in [5.41, 5.74) is 1.25. The van der Waals surface area contributed by atoms with Crippen molar-refractivity contribution in [2.75, 3.05) is 7.11 Å². The molecule has 1 aromatic heterocycles. The highest BCUT2D eigenvalue weighted by atomic mass is 79.9. The number of benzene rings is 1. The number of hydrogen-bond acceptors (Lipinski definition) is 3. The van der Waals surface area contributed by atoms with Crippen LogP contribution in [0.4, 0.5) is 0 Å². The summed E-state index contributed by atoms with van der Waals surface area (Å²) in [6.45, 7) is 0. The Morgan fingerprint density at radius 1 is 1.28 bits per heavy atom. The Bertz CT molecular complexity index is 560. The molecule has 5 heteroatoms. The van der Waals surface area contributed by atoms with Gasteiger partial charge in [-0.1, -0.05) is 37.9 Å². The maximum absolute atomic E-state index is 10.4. The number of pyridine rings is 1. The first-order chi connectivity index (χ1) is 8.63. The minimum absolute atomic E-state index is 0.503. The molecule has 0 amide bonds. The van der Waals surface area contributed by atoms with Crippen molar-refractivity contribution in [3.8, 4) is 5.75 Å². The van der Waals surface area contributed by atoms with Gasteiger partial charge in [0.15, 0.2) is 0 Å². The van der Waals surface area contributed by atoms with Crippen LogP contribution < -0.4 is 4.74 Å². The van der Waals surface area contributed by atoms with E-state index in [9.17, 15) is 5.11 Å². The second-order valence-corrected chi connectivity index (χ2v) is 5.43. The lowest BCUT2D eigenvalue weighted by Crippen LogP contribution is -2.05. The maximum atomic E-state index is 10.4. The molecule has 1 unspecified atom stereocenters. The van der Waals surface area contributed by atoms with Gasteiger partial charge in [0.05, 0.1) is 7.11 Å². The zero-order chi connectivity index (χ0) is 13.1. The van der Waals surface area contributed by atoms with Crippen LogP contribution in [-0.4, -0.2) is 17.2 Å². The van der Waals surface area contributed by atoms with Crippen LogP contribution in [0.25, 0.3) is 0 Å². The van der Waals surface area contributed by atoms with E-state index in [1.54, 1.807) is 25.4 Å². The molecular formula is C13H11Br2NO2. The zero-order valence-corrected chi connectivity index (χ0v) is 12.8. The number of methoxy groups -OCH3 is 1. The molecule has 2 aromatic rings. The Kier molecular flexibility index (Phi) is 4.37. The molecule has 1 heterocycles. The molecule has 0 radical (unpaired) electrons. The van der Waals surface area contributed by atoms with Crippen molar-refractivity contribution in [1.82, 2.24) is 4.98 Å².